The van der Waals surface area contributed by atoms with Gasteiger partial charge in [0.2, 0.25) is 5.91 Å². The van der Waals surface area contributed by atoms with E-state index in [2.05, 4.69) is 4.98 Å². The molecule has 3 rings (SSSR count). The molecule has 1 aliphatic rings. The molecule has 20 heavy (non-hydrogen) atoms. The molecule has 0 bridgehead atoms. The molecule has 0 atom stereocenters. The molecule has 1 amide bonds. The monoisotopic (exact) mass is 290 g/mol. The van der Waals surface area contributed by atoms with Crippen LogP contribution in [-0.2, 0) is 9.53 Å². The summed E-state index contributed by atoms with van der Waals surface area (Å²) in [7, 11) is 0. The van der Waals surface area contributed by atoms with Crippen molar-refractivity contribution in [3.8, 4) is 0 Å². The zero-order valence-electron chi connectivity index (χ0n) is 10.9. The third kappa shape index (κ3) is 2.65. The lowest BCUT2D eigenvalue weighted by molar-refractivity contribution is -0.128. The maximum Gasteiger partial charge on any atom is 0.339 e. The maximum absolute atomic E-state index is 11.9. The molecule has 0 spiro atoms. The molecular weight excluding hydrogens is 276 g/mol. The summed E-state index contributed by atoms with van der Waals surface area (Å²) in [5.74, 6) is -0.248. The van der Waals surface area contributed by atoms with Crippen LogP contribution >= 0.6 is 11.3 Å². The number of ether oxygens (including phenoxy) is 1. The van der Waals surface area contributed by atoms with Crippen LogP contribution in [0, 0.1) is 0 Å². The second-order valence-electron chi connectivity index (χ2n) is 4.65. The maximum atomic E-state index is 11.9. The Hall–Kier alpha value is -1.95. The molecule has 104 valence electrons. The van der Waals surface area contributed by atoms with Crippen LogP contribution in [0.2, 0.25) is 0 Å². The van der Waals surface area contributed by atoms with E-state index in [0.29, 0.717) is 18.5 Å². The number of aromatic nitrogens is 1. The number of thiophene rings is 1. The van der Waals surface area contributed by atoms with Crippen molar-refractivity contribution < 1.29 is 14.3 Å². The Labute approximate surface area is 120 Å². The molecule has 0 radical (unpaired) electrons. The van der Waals surface area contributed by atoms with Crippen LogP contribution < -0.4 is 0 Å². The molecule has 2 aromatic rings. The molecule has 1 aliphatic heterocycles. The lowest BCUT2D eigenvalue weighted by Crippen LogP contribution is -2.29. The number of fused-ring (bicyclic) bond motifs is 1. The van der Waals surface area contributed by atoms with E-state index in [-0.39, 0.29) is 18.5 Å². The predicted octanol–water partition coefficient (Wildman–Crippen LogP) is 2.08. The Morgan fingerprint density at radius 3 is 3.20 bits per heavy atom. The van der Waals surface area contributed by atoms with Gasteiger partial charge in [0.1, 0.15) is 6.61 Å². The van der Waals surface area contributed by atoms with E-state index in [9.17, 15) is 9.59 Å². The summed E-state index contributed by atoms with van der Waals surface area (Å²) >= 11 is 1.54. The number of hydrogen-bond acceptors (Lipinski definition) is 5. The van der Waals surface area contributed by atoms with E-state index in [0.717, 1.165) is 23.2 Å². The van der Waals surface area contributed by atoms with Crippen molar-refractivity contribution in [2.45, 2.75) is 12.8 Å². The Balaban J connectivity index is 1.57. The average Bonchev–Trinajstić information content (AvgIpc) is 3.07. The van der Waals surface area contributed by atoms with Gasteiger partial charge in [0, 0.05) is 19.2 Å². The third-order valence-corrected chi connectivity index (χ3v) is 4.16. The van der Waals surface area contributed by atoms with Crippen LogP contribution in [0.5, 0.6) is 0 Å². The summed E-state index contributed by atoms with van der Waals surface area (Å²) in [5, 5.41) is 1.94. The topological polar surface area (TPSA) is 59.5 Å². The smallest absolute Gasteiger partial charge is 0.339 e. The zero-order valence-corrected chi connectivity index (χ0v) is 11.7. The SMILES string of the molecule is O=C(OCCN1CCCC1=O)c1cnc2ccsc2c1. The van der Waals surface area contributed by atoms with Crippen LogP contribution in [0.15, 0.2) is 23.7 Å². The van der Waals surface area contributed by atoms with Gasteiger partial charge in [-0.15, -0.1) is 11.3 Å². The van der Waals surface area contributed by atoms with Crippen LogP contribution in [0.3, 0.4) is 0 Å². The Kier molecular flexibility index (Phi) is 3.64. The quantitative estimate of drug-likeness (QED) is 0.809. The second-order valence-corrected chi connectivity index (χ2v) is 5.60. The van der Waals surface area contributed by atoms with Crippen LogP contribution in [-0.4, -0.2) is 41.5 Å². The summed E-state index contributed by atoms with van der Waals surface area (Å²) in [6.07, 6.45) is 3.02. The summed E-state index contributed by atoms with van der Waals surface area (Å²) in [6.45, 7) is 1.46. The van der Waals surface area contributed by atoms with E-state index >= 15 is 0 Å². The minimum atomic E-state index is -0.389. The minimum absolute atomic E-state index is 0.141. The lowest BCUT2D eigenvalue weighted by atomic mass is 10.3. The summed E-state index contributed by atoms with van der Waals surface area (Å²) in [4.78, 5) is 29.3. The van der Waals surface area contributed by atoms with Gasteiger partial charge in [-0.3, -0.25) is 9.78 Å². The van der Waals surface area contributed by atoms with Gasteiger partial charge in [-0.1, -0.05) is 0 Å². The second kappa shape index (κ2) is 5.58. The van der Waals surface area contributed by atoms with Gasteiger partial charge in [-0.05, 0) is 23.9 Å². The number of amides is 1. The number of pyridine rings is 1. The van der Waals surface area contributed by atoms with Crippen molar-refractivity contribution in [1.82, 2.24) is 9.88 Å². The zero-order chi connectivity index (χ0) is 13.9. The first kappa shape index (κ1) is 13.1. The number of carbonyl (C=O) groups excluding carboxylic acids is 2. The summed E-state index contributed by atoms with van der Waals surface area (Å²) in [5.41, 5.74) is 1.34. The number of hydrogen-bond donors (Lipinski definition) is 0. The molecule has 1 fully saturated rings. The third-order valence-electron chi connectivity index (χ3n) is 3.30. The predicted molar refractivity (Wildman–Crippen MR) is 75.7 cm³/mol. The minimum Gasteiger partial charge on any atom is -0.460 e. The Morgan fingerprint density at radius 2 is 2.40 bits per heavy atom. The molecule has 3 heterocycles. The molecule has 6 heteroatoms. The van der Waals surface area contributed by atoms with E-state index < -0.39 is 0 Å². The Bertz CT molecular complexity index is 653. The van der Waals surface area contributed by atoms with Crippen molar-refractivity contribution in [2.75, 3.05) is 19.7 Å². The molecule has 0 N–H and O–H groups in total. The molecule has 0 unspecified atom stereocenters. The van der Waals surface area contributed by atoms with E-state index in [4.69, 9.17) is 4.74 Å². The van der Waals surface area contributed by atoms with E-state index in [1.165, 1.54) is 6.20 Å². The van der Waals surface area contributed by atoms with Gasteiger partial charge in [-0.2, -0.15) is 0 Å². The van der Waals surface area contributed by atoms with Gasteiger partial charge in [0.15, 0.2) is 0 Å². The highest BCUT2D eigenvalue weighted by molar-refractivity contribution is 7.17. The molecule has 0 aromatic carbocycles. The fraction of sp³-hybridized carbons (Fsp3) is 0.357. The highest BCUT2D eigenvalue weighted by atomic mass is 32.1. The number of rotatable bonds is 4. The van der Waals surface area contributed by atoms with Crippen molar-refractivity contribution in [3.05, 3.63) is 29.3 Å². The first-order chi connectivity index (χ1) is 9.74. The number of carbonyl (C=O) groups is 2. The van der Waals surface area contributed by atoms with Crippen LogP contribution in [0.4, 0.5) is 0 Å². The van der Waals surface area contributed by atoms with Crippen LogP contribution in [0.25, 0.3) is 10.2 Å². The molecular formula is C14H14N2O3S. The van der Waals surface area contributed by atoms with Crippen molar-refractivity contribution in [2.24, 2.45) is 0 Å². The molecule has 0 saturated carbocycles. The Morgan fingerprint density at radius 1 is 1.50 bits per heavy atom. The molecule has 2 aromatic heterocycles. The van der Waals surface area contributed by atoms with E-state index in [1.54, 1.807) is 22.3 Å². The molecule has 0 aliphatic carbocycles. The summed E-state index contributed by atoms with van der Waals surface area (Å²) < 4.78 is 6.16. The fourth-order valence-corrected chi connectivity index (χ4v) is 3.01. The standard InChI is InChI=1S/C14H14N2O3S/c17-13-2-1-4-16(13)5-6-19-14(18)10-8-12-11(15-9-10)3-7-20-12/h3,7-9H,1-2,4-6H2. The van der Waals surface area contributed by atoms with Crippen molar-refractivity contribution >= 4 is 33.4 Å². The number of esters is 1. The average molecular weight is 290 g/mol. The molecule has 1 saturated heterocycles. The van der Waals surface area contributed by atoms with Crippen molar-refractivity contribution in [1.29, 1.82) is 0 Å². The number of likely N-dealkylation sites (tertiary alicyclic amines) is 1. The van der Waals surface area contributed by atoms with Gasteiger partial charge in [0.25, 0.3) is 0 Å². The van der Waals surface area contributed by atoms with E-state index in [1.807, 2.05) is 11.4 Å². The highest BCUT2D eigenvalue weighted by Gasteiger charge is 2.20. The normalized spacial score (nSPS) is 15.0. The lowest BCUT2D eigenvalue weighted by Gasteiger charge is -2.15. The van der Waals surface area contributed by atoms with Gasteiger partial charge in [-0.25, -0.2) is 4.79 Å². The van der Waals surface area contributed by atoms with Crippen molar-refractivity contribution in [3.63, 3.8) is 0 Å². The largest absolute Gasteiger partial charge is 0.460 e. The van der Waals surface area contributed by atoms with Gasteiger partial charge < -0.3 is 9.64 Å². The number of nitrogens with zero attached hydrogens (tertiary/aromatic N) is 2. The van der Waals surface area contributed by atoms with Crippen LogP contribution in [0.1, 0.15) is 23.2 Å². The summed E-state index contributed by atoms with van der Waals surface area (Å²) in [6, 6.07) is 3.70. The van der Waals surface area contributed by atoms with Gasteiger partial charge >= 0.3 is 5.97 Å². The van der Waals surface area contributed by atoms with Gasteiger partial charge in [0.05, 0.1) is 22.3 Å². The highest BCUT2D eigenvalue weighted by Crippen LogP contribution is 2.19. The molecule has 5 nitrogen and oxygen atoms in total. The fourth-order valence-electron chi connectivity index (χ4n) is 2.23. The first-order valence-corrected chi connectivity index (χ1v) is 7.40. The first-order valence-electron chi connectivity index (χ1n) is 6.52.